The molecule has 1 aliphatic rings. The van der Waals surface area contributed by atoms with Gasteiger partial charge in [-0.25, -0.2) is 5.11 Å². The van der Waals surface area contributed by atoms with E-state index in [0.717, 1.165) is 32.4 Å². The van der Waals surface area contributed by atoms with E-state index in [1.165, 1.54) is 12.8 Å². The number of hydrogen-bond acceptors (Lipinski definition) is 3. The Morgan fingerprint density at radius 1 is 1.12 bits per heavy atom. The van der Waals surface area contributed by atoms with Crippen LogP contribution in [0.3, 0.4) is 0 Å². The van der Waals surface area contributed by atoms with Crippen LogP contribution in [0.4, 0.5) is 0 Å². The Hall–Kier alpha value is 0.0569. The second kappa shape index (κ2) is 8.21. The molecule has 0 aliphatic carbocycles. The summed E-state index contributed by atoms with van der Waals surface area (Å²) in [6.07, 6.45) is 5.70. The molecule has 0 amide bonds. The fourth-order valence-corrected chi connectivity index (χ4v) is 6.91. The standard InChI is InChI=1S/C11H24O3Si.CH3O/c1-5-8-11(12-2)9-6-7-10-15(11,13-3)14-4;1-2/h5-10H2,1-4H3;1H3. The highest BCUT2D eigenvalue weighted by atomic mass is 28.4. The van der Waals surface area contributed by atoms with Crippen molar-refractivity contribution in [3.8, 4) is 0 Å². The van der Waals surface area contributed by atoms with Crippen LogP contribution in [0, 0.1) is 0 Å². The molecule has 103 valence electrons. The molecule has 0 aromatic heterocycles. The maximum atomic E-state index is 8.25. The Bertz CT molecular complexity index is 193. The topological polar surface area (TPSA) is 47.6 Å². The Labute approximate surface area is 107 Å². The van der Waals surface area contributed by atoms with E-state index < -0.39 is 8.56 Å². The van der Waals surface area contributed by atoms with Crippen LogP contribution in [0.2, 0.25) is 6.04 Å². The first-order valence-electron chi connectivity index (χ1n) is 6.26. The summed E-state index contributed by atoms with van der Waals surface area (Å²) in [5.74, 6) is 0. The van der Waals surface area contributed by atoms with Crippen LogP contribution in [0.1, 0.15) is 39.0 Å². The first-order valence-corrected chi connectivity index (χ1v) is 8.29. The summed E-state index contributed by atoms with van der Waals surface area (Å²) >= 11 is 0. The number of hydrogen-bond donors (Lipinski definition) is 0. The minimum Gasteiger partial charge on any atom is -0.396 e. The van der Waals surface area contributed by atoms with Gasteiger partial charge in [-0.2, -0.15) is 0 Å². The molecule has 1 saturated heterocycles. The van der Waals surface area contributed by atoms with Crippen molar-refractivity contribution in [3.05, 3.63) is 0 Å². The number of ether oxygens (including phenoxy) is 1. The van der Waals surface area contributed by atoms with Crippen molar-refractivity contribution in [2.75, 3.05) is 28.4 Å². The molecule has 0 spiro atoms. The van der Waals surface area contributed by atoms with E-state index in [4.69, 9.17) is 18.7 Å². The van der Waals surface area contributed by atoms with Gasteiger partial charge in [-0.15, -0.1) is 0 Å². The second-order valence-corrected chi connectivity index (χ2v) is 8.05. The van der Waals surface area contributed by atoms with E-state index in [0.29, 0.717) is 0 Å². The van der Waals surface area contributed by atoms with Crippen molar-refractivity contribution in [2.45, 2.75) is 50.3 Å². The summed E-state index contributed by atoms with van der Waals surface area (Å²) in [7, 11) is 3.97. The monoisotopic (exact) mass is 263 g/mol. The van der Waals surface area contributed by atoms with E-state index in [2.05, 4.69) is 6.92 Å². The minimum absolute atomic E-state index is 0.122. The van der Waals surface area contributed by atoms with Gasteiger partial charge in [0.25, 0.3) is 0 Å². The van der Waals surface area contributed by atoms with Crippen LogP contribution >= 0.6 is 0 Å². The molecule has 1 heterocycles. The fraction of sp³-hybridized carbons (Fsp3) is 1.00. The zero-order chi connectivity index (χ0) is 13.4. The first-order chi connectivity index (χ1) is 8.20. The highest BCUT2D eigenvalue weighted by molar-refractivity contribution is 6.70. The molecule has 17 heavy (non-hydrogen) atoms. The zero-order valence-electron chi connectivity index (χ0n) is 11.9. The molecule has 1 aliphatic heterocycles. The van der Waals surface area contributed by atoms with Crippen molar-refractivity contribution in [1.82, 2.24) is 0 Å². The van der Waals surface area contributed by atoms with Crippen molar-refractivity contribution < 1.29 is 18.7 Å². The average Bonchev–Trinajstić information content (AvgIpc) is 2.42. The van der Waals surface area contributed by atoms with E-state index in [1.807, 2.05) is 0 Å². The smallest absolute Gasteiger partial charge is 0.370 e. The fourth-order valence-electron chi connectivity index (χ4n) is 2.92. The zero-order valence-corrected chi connectivity index (χ0v) is 12.9. The number of rotatable bonds is 5. The van der Waals surface area contributed by atoms with Crippen molar-refractivity contribution in [3.63, 3.8) is 0 Å². The molecular formula is C12H27O4Si. The summed E-state index contributed by atoms with van der Waals surface area (Å²) in [6.45, 7) is 2.19. The molecule has 0 aromatic rings. The second-order valence-electron chi connectivity index (χ2n) is 4.32. The van der Waals surface area contributed by atoms with Crippen LogP contribution in [0.15, 0.2) is 0 Å². The van der Waals surface area contributed by atoms with Gasteiger partial charge in [0.1, 0.15) is 5.22 Å². The Kier molecular flexibility index (Phi) is 8.24. The van der Waals surface area contributed by atoms with Crippen LogP contribution in [-0.4, -0.2) is 42.2 Å². The van der Waals surface area contributed by atoms with Gasteiger partial charge >= 0.3 is 8.56 Å². The Morgan fingerprint density at radius 3 is 2.12 bits per heavy atom. The Balaban J connectivity index is 0.00000121. The highest BCUT2D eigenvalue weighted by Crippen LogP contribution is 2.42. The highest BCUT2D eigenvalue weighted by Gasteiger charge is 2.58. The Morgan fingerprint density at radius 2 is 1.71 bits per heavy atom. The lowest BCUT2D eigenvalue weighted by atomic mass is 10.1. The third-order valence-corrected chi connectivity index (χ3v) is 8.16. The lowest BCUT2D eigenvalue weighted by Crippen LogP contribution is -2.64. The maximum absolute atomic E-state index is 8.25. The van der Waals surface area contributed by atoms with Gasteiger partial charge in [0.2, 0.25) is 0 Å². The minimum atomic E-state index is -2.15. The normalized spacial score (nSPS) is 27.2. The van der Waals surface area contributed by atoms with E-state index in [1.54, 1.807) is 21.3 Å². The summed E-state index contributed by atoms with van der Waals surface area (Å²) in [6, 6.07) is 1.06. The molecule has 0 N–H and O–H groups in total. The molecule has 1 rings (SSSR count). The first kappa shape index (κ1) is 17.1. The summed E-state index contributed by atoms with van der Waals surface area (Å²) in [4.78, 5) is 0. The number of methoxy groups -OCH3 is 1. The lowest BCUT2D eigenvalue weighted by molar-refractivity contribution is -0.0149. The molecule has 1 unspecified atom stereocenters. The molecule has 4 nitrogen and oxygen atoms in total. The van der Waals surface area contributed by atoms with Crippen LogP contribution in [0.25, 0.3) is 0 Å². The summed E-state index contributed by atoms with van der Waals surface area (Å²) < 4.78 is 17.4. The molecule has 0 bridgehead atoms. The van der Waals surface area contributed by atoms with Gasteiger partial charge in [0.05, 0.1) is 7.11 Å². The van der Waals surface area contributed by atoms with Crippen LogP contribution < -0.4 is 0 Å². The quantitative estimate of drug-likeness (QED) is 0.716. The van der Waals surface area contributed by atoms with E-state index >= 15 is 0 Å². The van der Waals surface area contributed by atoms with Gasteiger partial charge in [0, 0.05) is 21.3 Å². The van der Waals surface area contributed by atoms with Crippen LogP contribution in [0.5, 0.6) is 0 Å². The van der Waals surface area contributed by atoms with Gasteiger partial charge in [-0.1, -0.05) is 26.2 Å². The van der Waals surface area contributed by atoms with E-state index in [-0.39, 0.29) is 5.22 Å². The molecule has 1 fully saturated rings. The largest absolute Gasteiger partial charge is 0.396 e. The molecule has 5 heteroatoms. The molecule has 1 atom stereocenters. The van der Waals surface area contributed by atoms with Crippen molar-refractivity contribution in [1.29, 1.82) is 0 Å². The van der Waals surface area contributed by atoms with E-state index in [9.17, 15) is 0 Å². The van der Waals surface area contributed by atoms with Gasteiger partial charge < -0.3 is 13.6 Å². The third kappa shape index (κ3) is 3.29. The van der Waals surface area contributed by atoms with Gasteiger partial charge in [0.15, 0.2) is 0 Å². The average molecular weight is 263 g/mol. The molecular weight excluding hydrogens is 236 g/mol. The molecule has 0 aromatic carbocycles. The van der Waals surface area contributed by atoms with Crippen LogP contribution in [-0.2, 0) is 18.7 Å². The summed E-state index contributed by atoms with van der Waals surface area (Å²) in [5.41, 5.74) is 0. The predicted octanol–water partition coefficient (Wildman–Crippen LogP) is 2.68. The van der Waals surface area contributed by atoms with Crippen molar-refractivity contribution in [2.24, 2.45) is 0 Å². The lowest BCUT2D eigenvalue weighted by Gasteiger charge is -2.47. The maximum Gasteiger partial charge on any atom is 0.370 e. The molecule has 0 saturated carbocycles. The SMILES string of the molecule is CCCC1(OC)CCCC[Si]1(OC)OC.C[O]. The van der Waals surface area contributed by atoms with Gasteiger partial charge in [-0.05, 0) is 18.9 Å². The predicted molar refractivity (Wildman–Crippen MR) is 69.7 cm³/mol. The summed E-state index contributed by atoms with van der Waals surface area (Å²) in [5, 5.41) is 8.13. The van der Waals surface area contributed by atoms with Crippen molar-refractivity contribution >= 4 is 8.56 Å². The van der Waals surface area contributed by atoms with Gasteiger partial charge in [-0.3, -0.25) is 0 Å². The molecule has 1 radical (unpaired) electrons. The third-order valence-electron chi connectivity index (χ3n) is 3.73.